The van der Waals surface area contributed by atoms with Crippen molar-refractivity contribution < 1.29 is 19.2 Å². The molecule has 6 N–H and O–H groups in total. The second-order valence-electron chi connectivity index (χ2n) is 11.0. The highest BCUT2D eigenvalue weighted by Gasteiger charge is 2.21. The van der Waals surface area contributed by atoms with E-state index in [1.165, 1.54) is 0 Å². The molecule has 9 heteroatoms. The number of urea groups is 2. The molecule has 0 aliphatic carbocycles. The lowest BCUT2D eigenvalue weighted by atomic mass is 9.92. The Morgan fingerprint density at radius 1 is 0.722 bits per heavy atom. The van der Waals surface area contributed by atoms with Gasteiger partial charge in [-0.2, -0.15) is 0 Å². The molecule has 0 saturated heterocycles. The lowest BCUT2D eigenvalue weighted by molar-refractivity contribution is -0.120. The maximum Gasteiger partial charge on any atom is 0.315 e. The van der Waals surface area contributed by atoms with Crippen molar-refractivity contribution in [1.82, 2.24) is 21.3 Å². The average Bonchev–Trinajstić information content (AvgIpc) is 2.76. The van der Waals surface area contributed by atoms with Crippen LogP contribution in [-0.2, 0) is 9.59 Å². The summed E-state index contributed by atoms with van der Waals surface area (Å²) in [7, 11) is 0. The lowest BCUT2D eigenvalue weighted by Gasteiger charge is -2.24. The monoisotopic (exact) mass is 511 g/mol. The second kappa shape index (κ2) is 19.0. The first kappa shape index (κ1) is 33.8. The molecular weight excluding hydrogens is 458 g/mol. The van der Waals surface area contributed by atoms with E-state index in [0.29, 0.717) is 45.2 Å². The lowest BCUT2D eigenvalue weighted by Crippen LogP contribution is -2.46. The van der Waals surface area contributed by atoms with Gasteiger partial charge >= 0.3 is 12.1 Å². The summed E-state index contributed by atoms with van der Waals surface area (Å²) < 4.78 is 0. The number of unbranched alkanes of at least 4 members (excludes halogenated alkanes) is 1. The molecule has 4 amide bonds. The van der Waals surface area contributed by atoms with Gasteiger partial charge in [-0.15, -0.1) is 0 Å². The van der Waals surface area contributed by atoms with Gasteiger partial charge in [0.2, 0.25) is 0 Å². The van der Waals surface area contributed by atoms with Gasteiger partial charge in [0.15, 0.2) is 0 Å². The third kappa shape index (κ3) is 17.3. The van der Waals surface area contributed by atoms with Gasteiger partial charge < -0.3 is 31.8 Å². The van der Waals surface area contributed by atoms with Crippen LogP contribution in [0.25, 0.3) is 0 Å². The number of hydrogen-bond donors (Lipinski definition) is 5. The number of carbonyl (C=O) groups is 4. The number of carbonyl (C=O) groups excluding carboxylic acids is 4. The average molecular weight is 512 g/mol. The molecule has 36 heavy (non-hydrogen) atoms. The van der Waals surface area contributed by atoms with E-state index in [-0.39, 0.29) is 59.5 Å². The van der Waals surface area contributed by atoms with Gasteiger partial charge in [0, 0.05) is 43.9 Å². The molecular formula is C27H53N5O4. The summed E-state index contributed by atoms with van der Waals surface area (Å²) in [6.45, 7) is 14.5. The summed E-state index contributed by atoms with van der Waals surface area (Å²) in [5, 5.41) is 11.7. The van der Waals surface area contributed by atoms with Crippen molar-refractivity contribution in [2.75, 3.05) is 13.1 Å². The number of ketones is 2. The molecule has 0 rings (SSSR count). The Morgan fingerprint density at radius 3 is 1.78 bits per heavy atom. The van der Waals surface area contributed by atoms with Crippen LogP contribution in [0, 0.1) is 17.8 Å². The van der Waals surface area contributed by atoms with Gasteiger partial charge in [-0.25, -0.2) is 9.59 Å². The minimum Gasteiger partial charge on any atom is -0.338 e. The van der Waals surface area contributed by atoms with Gasteiger partial charge in [0.1, 0.15) is 11.6 Å². The summed E-state index contributed by atoms with van der Waals surface area (Å²) in [6.07, 6.45) is 4.97. The van der Waals surface area contributed by atoms with Crippen LogP contribution in [0.1, 0.15) is 99.8 Å². The molecule has 0 heterocycles. The predicted octanol–water partition coefficient (Wildman–Crippen LogP) is 3.90. The summed E-state index contributed by atoms with van der Waals surface area (Å²) in [5.74, 6) is 0.685. The highest BCUT2D eigenvalue weighted by atomic mass is 16.2. The molecule has 0 spiro atoms. The van der Waals surface area contributed by atoms with Crippen LogP contribution in [0.3, 0.4) is 0 Å². The van der Waals surface area contributed by atoms with Crippen molar-refractivity contribution in [3.63, 3.8) is 0 Å². The zero-order valence-corrected chi connectivity index (χ0v) is 23.7. The van der Waals surface area contributed by atoms with Gasteiger partial charge in [-0.05, 0) is 70.8 Å². The van der Waals surface area contributed by atoms with Crippen LogP contribution in [0.2, 0.25) is 0 Å². The van der Waals surface area contributed by atoms with E-state index in [0.717, 1.165) is 19.3 Å². The zero-order valence-electron chi connectivity index (χ0n) is 23.7. The number of Topliss-reactive ketones (excluding diaryl/α,β-unsaturated/α-hetero) is 2. The van der Waals surface area contributed by atoms with Crippen molar-refractivity contribution in [3.05, 3.63) is 0 Å². The summed E-state index contributed by atoms with van der Waals surface area (Å²) in [5.41, 5.74) is 5.64. The molecule has 0 fully saturated rings. The van der Waals surface area contributed by atoms with Crippen molar-refractivity contribution in [1.29, 1.82) is 0 Å². The van der Waals surface area contributed by atoms with Gasteiger partial charge in [-0.1, -0.05) is 34.1 Å². The highest BCUT2D eigenvalue weighted by molar-refractivity contribution is 5.79. The van der Waals surface area contributed by atoms with Crippen molar-refractivity contribution >= 4 is 23.6 Å². The van der Waals surface area contributed by atoms with E-state index in [2.05, 4.69) is 21.3 Å². The van der Waals surface area contributed by atoms with E-state index in [1.807, 2.05) is 41.5 Å². The molecule has 0 unspecified atom stereocenters. The Morgan fingerprint density at radius 2 is 1.28 bits per heavy atom. The topological polar surface area (TPSA) is 142 Å². The van der Waals surface area contributed by atoms with Crippen LogP contribution < -0.4 is 27.0 Å². The first-order chi connectivity index (χ1) is 16.8. The molecule has 0 aromatic rings. The van der Waals surface area contributed by atoms with Crippen LogP contribution in [0.4, 0.5) is 9.59 Å². The van der Waals surface area contributed by atoms with Crippen LogP contribution in [-0.4, -0.2) is 54.8 Å². The quantitative estimate of drug-likeness (QED) is 0.167. The molecule has 3 atom stereocenters. The molecule has 210 valence electrons. The Hall–Kier alpha value is -2.16. The third-order valence-electron chi connectivity index (χ3n) is 6.34. The number of amides is 4. The Labute approximate surface area is 218 Å². The highest BCUT2D eigenvalue weighted by Crippen LogP contribution is 2.17. The molecule has 0 saturated carbocycles. The Balaban J connectivity index is 4.85. The maximum atomic E-state index is 12.8. The normalized spacial score (nSPS) is 13.9. The fourth-order valence-electron chi connectivity index (χ4n) is 4.03. The fraction of sp³-hybridized carbons (Fsp3) is 0.852. The first-order valence-corrected chi connectivity index (χ1v) is 13.7. The van der Waals surface area contributed by atoms with E-state index in [9.17, 15) is 19.2 Å². The fourth-order valence-corrected chi connectivity index (χ4v) is 4.03. The third-order valence-corrected chi connectivity index (χ3v) is 6.34. The molecule has 0 aliphatic heterocycles. The Bertz CT molecular complexity index is 667. The molecule has 0 bridgehead atoms. The summed E-state index contributed by atoms with van der Waals surface area (Å²) in [6, 6.07) is -0.610. The largest absolute Gasteiger partial charge is 0.338 e. The van der Waals surface area contributed by atoms with Gasteiger partial charge in [0.25, 0.3) is 0 Å². The SMILES string of the molecule is CC(=O)CC[C@@H](NC(=O)NC[C@H](CCCCN)CC(=O)CC[C@@H](NC(=O)NC(C)C)C(C)C)C(C)C. The van der Waals surface area contributed by atoms with Crippen LogP contribution in [0.5, 0.6) is 0 Å². The van der Waals surface area contributed by atoms with E-state index < -0.39 is 0 Å². The minimum atomic E-state index is -0.270. The standard InChI is InChI=1S/C27H53N5O4/c1-18(2)24(13-11-21(7)33)31-26(35)29-17-22(10-8-9-15-28)16-23(34)12-14-25(19(3)4)32-27(36)30-20(5)6/h18-20,22,24-25H,8-17,28H2,1-7H3,(H2,29,31,35)(H2,30,32,36)/t22-,24-,25-/m1/s1. The zero-order chi connectivity index (χ0) is 27.7. The summed E-state index contributed by atoms with van der Waals surface area (Å²) in [4.78, 5) is 48.8. The van der Waals surface area contributed by atoms with E-state index in [1.54, 1.807) is 6.92 Å². The summed E-state index contributed by atoms with van der Waals surface area (Å²) >= 11 is 0. The van der Waals surface area contributed by atoms with Crippen molar-refractivity contribution in [3.8, 4) is 0 Å². The Kier molecular flexibility index (Phi) is 17.9. The molecule has 0 aromatic heterocycles. The molecule has 0 aromatic carbocycles. The predicted molar refractivity (Wildman–Crippen MR) is 146 cm³/mol. The van der Waals surface area contributed by atoms with Gasteiger partial charge in [-0.3, -0.25) is 4.79 Å². The second-order valence-corrected chi connectivity index (χ2v) is 11.0. The van der Waals surface area contributed by atoms with E-state index >= 15 is 0 Å². The number of hydrogen-bond acceptors (Lipinski definition) is 5. The van der Waals surface area contributed by atoms with E-state index in [4.69, 9.17) is 5.73 Å². The minimum absolute atomic E-state index is 0.0271. The first-order valence-electron chi connectivity index (χ1n) is 13.7. The molecule has 0 aliphatic rings. The van der Waals surface area contributed by atoms with Gasteiger partial charge in [0.05, 0.1) is 0 Å². The van der Waals surface area contributed by atoms with Crippen molar-refractivity contribution in [2.45, 2.75) is 118 Å². The number of nitrogens with one attached hydrogen (secondary N) is 4. The smallest absolute Gasteiger partial charge is 0.315 e. The van der Waals surface area contributed by atoms with Crippen molar-refractivity contribution in [2.24, 2.45) is 23.5 Å². The van der Waals surface area contributed by atoms with Crippen LogP contribution in [0.15, 0.2) is 0 Å². The molecule has 9 nitrogen and oxygen atoms in total. The number of rotatable bonds is 19. The molecule has 0 radical (unpaired) electrons. The maximum absolute atomic E-state index is 12.8. The number of nitrogens with two attached hydrogens (primary N) is 1. The van der Waals surface area contributed by atoms with Crippen LogP contribution >= 0.6 is 0 Å².